The van der Waals surface area contributed by atoms with Gasteiger partial charge in [-0.25, -0.2) is 0 Å². The molecule has 1 aromatic rings. The third kappa shape index (κ3) is 1.66. The van der Waals surface area contributed by atoms with Crippen molar-refractivity contribution in [2.75, 3.05) is 13.4 Å². The topological polar surface area (TPSA) is 38.7 Å². The van der Waals surface area contributed by atoms with Crippen molar-refractivity contribution in [1.82, 2.24) is 0 Å². The van der Waals surface area contributed by atoms with Crippen molar-refractivity contribution in [2.45, 2.75) is 19.8 Å². The van der Waals surface area contributed by atoms with E-state index >= 15 is 0 Å². The fourth-order valence-corrected chi connectivity index (χ4v) is 2.31. The van der Waals surface area contributed by atoms with Gasteiger partial charge in [0.25, 0.3) is 0 Å². The molecule has 1 unspecified atom stereocenters. The Morgan fingerprint density at radius 3 is 2.93 bits per heavy atom. The van der Waals surface area contributed by atoms with Gasteiger partial charge >= 0.3 is 0 Å². The van der Waals surface area contributed by atoms with Crippen LogP contribution in [0.4, 0.5) is 0 Å². The molecular weight excluding hydrogens is 216 g/mol. The monoisotopic (exact) mass is 228 g/mol. The van der Waals surface area contributed by atoms with Gasteiger partial charge in [0.15, 0.2) is 11.5 Å². The predicted octanol–water partition coefficient (Wildman–Crippen LogP) is 2.47. The fourth-order valence-electron chi connectivity index (χ4n) is 1.88. The van der Waals surface area contributed by atoms with Crippen molar-refractivity contribution >= 4 is 11.6 Å². The third-order valence-corrected chi connectivity index (χ3v) is 2.98. The maximum absolute atomic E-state index is 9.15. The van der Waals surface area contributed by atoms with Crippen LogP contribution in [0.25, 0.3) is 0 Å². The largest absolute Gasteiger partial charge is 0.454 e. The highest BCUT2D eigenvalue weighted by Gasteiger charge is 2.23. The molecule has 1 aliphatic heterocycles. The van der Waals surface area contributed by atoms with E-state index in [9.17, 15) is 0 Å². The zero-order valence-corrected chi connectivity index (χ0v) is 9.47. The van der Waals surface area contributed by atoms with Gasteiger partial charge in [-0.1, -0.05) is 18.5 Å². The van der Waals surface area contributed by atoms with Crippen molar-refractivity contribution in [2.24, 2.45) is 0 Å². The lowest BCUT2D eigenvalue weighted by molar-refractivity contribution is 0.173. The zero-order chi connectivity index (χ0) is 11.0. The van der Waals surface area contributed by atoms with Gasteiger partial charge in [0.2, 0.25) is 6.79 Å². The Morgan fingerprint density at radius 1 is 1.53 bits per heavy atom. The zero-order valence-electron chi connectivity index (χ0n) is 8.71. The summed E-state index contributed by atoms with van der Waals surface area (Å²) in [5, 5.41) is 9.78. The second-order valence-corrected chi connectivity index (χ2v) is 4.12. The molecule has 0 saturated carbocycles. The van der Waals surface area contributed by atoms with Crippen molar-refractivity contribution in [3.8, 4) is 11.5 Å². The molecule has 1 aliphatic rings. The van der Waals surface area contributed by atoms with Crippen LogP contribution in [0.2, 0.25) is 5.02 Å². The van der Waals surface area contributed by atoms with Gasteiger partial charge in [0.05, 0.1) is 0 Å². The number of hydrogen-bond acceptors (Lipinski definition) is 3. The van der Waals surface area contributed by atoms with Crippen LogP contribution in [-0.4, -0.2) is 18.5 Å². The number of fused-ring (bicyclic) bond motifs is 1. The number of rotatable bonds is 2. The van der Waals surface area contributed by atoms with E-state index < -0.39 is 0 Å². The highest BCUT2D eigenvalue weighted by molar-refractivity contribution is 6.31. The van der Waals surface area contributed by atoms with Crippen LogP contribution in [0.1, 0.15) is 24.0 Å². The molecule has 2 rings (SSSR count). The van der Waals surface area contributed by atoms with Crippen LogP contribution in [0.3, 0.4) is 0 Å². The van der Waals surface area contributed by atoms with Gasteiger partial charge in [-0.2, -0.15) is 0 Å². The Labute approximate surface area is 93.6 Å². The summed E-state index contributed by atoms with van der Waals surface area (Å²) in [6, 6.07) is 1.75. The average Bonchev–Trinajstić information content (AvgIpc) is 2.65. The highest BCUT2D eigenvalue weighted by atomic mass is 35.5. The molecular formula is C11H13ClO3. The summed E-state index contributed by atoms with van der Waals surface area (Å²) >= 11 is 6.14. The molecule has 0 amide bonds. The van der Waals surface area contributed by atoms with Crippen molar-refractivity contribution in [1.29, 1.82) is 0 Å². The molecule has 0 radical (unpaired) electrons. The van der Waals surface area contributed by atoms with Crippen molar-refractivity contribution < 1.29 is 14.6 Å². The molecule has 1 N–H and O–H groups in total. The molecule has 0 aliphatic carbocycles. The Hall–Kier alpha value is -0.930. The number of halogens is 1. The summed E-state index contributed by atoms with van der Waals surface area (Å²) in [6.07, 6.45) is 0. The third-order valence-electron chi connectivity index (χ3n) is 2.67. The maximum atomic E-state index is 9.15. The van der Waals surface area contributed by atoms with Crippen LogP contribution < -0.4 is 9.47 Å². The molecule has 1 heterocycles. The van der Waals surface area contributed by atoms with Crippen molar-refractivity contribution in [3.63, 3.8) is 0 Å². The Morgan fingerprint density at radius 2 is 2.27 bits per heavy atom. The molecule has 0 fully saturated rings. The second kappa shape index (κ2) is 3.91. The summed E-state index contributed by atoms with van der Waals surface area (Å²) in [4.78, 5) is 0. The maximum Gasteiger partial charge on any atom is 0.231 e. The van der Waals surface area contributed by atoms with Gasteiger partial charge in [0, 0.05) is 29.2 Å². The van der Waals surface area contributed by atoms with E-state index in [4.69, 9.17) is 26.2 Å². The second-order valence-electron chi connectivity index (χ2n) is 3.71. The molecule has 0 saturated heterocycles. The number of benzene rings is 1. The van der Waals surface area contributed by atoms with E-state index in [1.165, 1.54) is 0 Å². The van der Waals surface area contributed by atoms with E-state index in [-0.39, 0.29) is 19.3 Å². The lowest BCUT2D eigenvalue weighted by atomic mass is 9.96. The summed E-state index contributed by atoms with van der Waals surface area (Å²) in [5.74, 6) is 1.44. The van der Waals surface area contributed by atoms with Gasteiger partial charge in [-0.15, -0.1) is 0 Å². The molecule has 0 spiro atoms. The molecule has 15 heavy (non-hydrogen) atoms. The smallest absolute Gasteiger partial charge is 0.231 e. The molecule has 1 atom stereocenters. The minimum absolute atomic E-state index is 0.00648. The molecule has 82 valence electrons. The fraction of sp³-hybridized carbons (Fsp3) is 0.455. The average molecular weight is 229 g/mol. The summed E-state index contributed by atoms with van der Waals surface area (Å²) in [7, 11) is 0. The standard InChI is InChI=1S/C11H13ClO3/c1-6(4-13)10-7(2)11-9(3-8(10)12)14-5-15-11/h3,6,13H,4-5H2,1-2H3. The SMILES string of the molecule is Cc1c2c(cc(Cl)c1C(C)CO)OCO2. The van der Waals surface area contributed by atoms with Crippen LogP contribution >= 0.6 is 11.6 Å². The Balaban J connectivity index is 2.56. The van der Waals surface area contributed by atoms with E-state index in [0.29, 0.717) is 10.8 Å². The summed E-state index contributed by atoms with van der Waals surface area (Å²) < 4.78 is 10.6. The Kier molecular flexibility index (Phi) is 2.76. The van der Waals surface area contributed by atoms with Gasteiger partial charge in [-0.05, 0) is 12.5 Å². The van der Waals surface area contributed by atoms with Crippen LogP contribution in [0.15, 0.2) is 6.07 Å². The minimum Gasteiger partial charge on any atom is -0.454 e. The van der Waals surface area contributed by atoms with Gasteiger partial charge in [0.1, 0.15) is 0 Å². The highest BCUT2D eigenvalue weighted by Crippen LogP contribution is 2.43. The molecule has 4 heteroatoms. The van der Waals surface area contributed by atoms with Crippen molar-refractivity contribution in [3.05, 3.63) is 22.2 Å². The lowest BCUT2D eigenvalue weighted by Crippen LogP contribution is -2.03. The van der Waals surface area contributed by atoms with Gasteiger partial charge in [-0.3, -0.25) is 0 Å². The first-order valence-electron chi connectivity index (χ1n) is 4.84. The lowest BCUT2D eigenvalue weighted by Gasteiger charge is -2.15. The predicted molar refractivity (Wildman–Crippen MR) is 57.8 cm³/mol. The first-order chi connectivity index (χ1) is 7.15. The van der Waals surface area contributed by atoms with E-state index in [1.54, 1.807) is 6.07 Å². The first kappa shape index (κ1) is 10.6. The van der Waals surface area contributed by atoms with E-state index in [0.717, 1.165) is 16.9 Å². The summed E-state index contributed by atoms with van der Waals surface area (Å²) in [6.45, 7) is 4.17. The number of aliphatic hydroxyl groups excluding tert-OH is 1. The molecule has 3 nitrogen and oxygen atoms in total. The summed E-state index contributed by atoms with van der Waals surface area (Å²) in [5.41, 5.74) is 1.89. The minimum atomic E-state index is 0.00648. The van der Waals surface area contributed by atoms with Crippen LogP contribution in [0.5, 0.6) is 11.5 Å². The van der Waals surface area contributed by atoms with Gasteiger partial charge < -0.3 is 14.6 Å². The van der Waals surface area contributed by atoms with Crippen LogP contribution in [0, 0.1) is 6.92 Å². The number of ether oxygens (including phenoxy) is 2. The van der Waals surface area contributed by atoms with E-state index in [1.807, 2.05) is 13.8 Å². The quantitative estimate of drug-likeness (QED) is 0.845. The van der Waals surface area contributed by atoms with Crippen LogP contribution in [-0.2, 0) is 0 Å². The van der Waals surface area contributed by atoms with E-state index in [2.05, 4.69) is 0 Å². The molecule has 0 bridgehead atoms. The number of hydrogen-bond donors (Lipinski definition) is 1. The first-order valence-corrected chi connectivity index (χ1v) is 5.22. The Bertz CT molecular complexity index is 390. The normalized spacial score (nSPS) is 15.5. The molecule has 0 aromatic heterocycles. The number of aliphatic hydroxyl groups is 1. The molecule has 1 aromatic carbocycles.